The molecule has 1 aliphatic carbocycles. The fourth-order valence-corrected chi connectivity index (χ4v) is 3.58. The van der Waals surface area contributed by atoms with Crippen molar-refractivity contribution >= 4 is 22.9 Å². The normalized spacial score (nSPS) is 19.1. The van der Waals surface area contributed by atoms with E-state index in [2.05, 4.69) is 21.8 Å². The number of aliphatic hydroxyl groups excluding tert-OH is 1. The molecule has 3 aromatic rings. The van der Waals surface area contributed by atoms with E-state index in [4.69, 9.17) is 0 Å². The van der Waals surface area contributed by atoms with E-state index in [1.54, 1.807) is 34.8 Å². The summed E-state index contributed by atoms with van der Waals surface area (Å²) >= 11 is 0. The number of carbonyl (C=O) groups excluding carboxylic acids is 1. The third-order valence-electron chi connectivity index (χ3n) is 5.10. The molecule has 0 aliphatic heterocycles. The second-order valence-corrected chi connectivity index (χ2v) is 6.99. The number of aromatic nitrogens is 2. The highest BCUT2D eigenvalue weighted by Gasteiger charge is 2.23. The highest BCUT2D eigenvalue weighted by molar-refractivity contribution is 6.04. The Kier molecular flexibility index (Phi) is 4.96. The molecule has 1 saturated carbocycles. The molecular weight excluding hydrogens is 354 g/mol. The van der Waals surface area contributed by atoms with Gasteiger partial charge in [-0.2, -0.15) is 5.26 Å². The van der Waals surface area contributed by atoms with Gasteiger partial charge >= 0.3 is 0 Å². The van der Waals surface area contributed by atoms with Crippen molar-refractivity contribution in [2.75, 3.05) is 10.6 Å². The number of hydrogen-bond acceptors (Lipinski definition) is 5. The van der Waals surface area contributed by atoms with Gasteiger partial charge in [-0.25, -0.2) is 4.52 Å². The number of anilines is 2. The maximum Gasteiger partial charge on any atom is 0.274 e. The Morgan fingerprint density at radius 3 is 2.75 bits per heavy atom. The quantitative estimate of drug-likeness (QED) is 0.650. The van der Waals surface area contributed by atoms with Gasteiger partial charge in [-0.3, -0.25) is 4.79 Å². The predicted molar refractivity (Wildman–Crippen MR) is 106 cm³/mol. The molecule has 7 nitrogen and oxygen atoms in total. The highest BCUT2D eigenvalue weighted by atomic mass is 16.3. The Balaban J connectivity index is 1.59. The molecule has 0 spiro atoms. The summed E-state index contributed by atoms with van der Waals surface area (Å²) in [5.41, 5.74) is 2.02. The van der Waals surface area contributed by atoms with Crippen LogP contribution in [-0.2, 0) is 0 Å². The first-order valence-corrected chi connectivity index (χ1v) is 9.39. The molecule has 2 heterocycles. The Hall–Kier alpha value is -3.37. The Morgan fingerprint density at radius 2 is 1.93 bits per heavy atom. The fourth-order valence-electron chi connectivity index (χ4n) is 3.58. The number of aliphatic hydroxyl groups is 1. The summed E-state index contributed by atoms with van der Waals surface area (Å²) in [5, 5.41) is 30.0. The van der Waals surface area contributed by atoms with Crippen LogP contribution in [0.1, 0.15) is 41.7 Å². The maximum atomic E-state index is 12.8. The van der Waals surface area contributed by atoms with Crippen molar-refractivity contribution in [1.82, 2.24) is 9.61 Å². The largest absolute Gasteiger partial charge is 0.391 e. The number of benzene rings is 1. The zero-order valence-electron chi connectivity index (χ0n) is 15.3. The second kappa shape index (κ2) is 7.71. The highest BCUT2D eigenvalue weighted by Crippen LogP contribution is 2.22. The lowest BCUT2D eigenvalue weighted by Crippen LogP contribution is -2.36. The molecule has 0 unspecified atom stereocenters. The number of carbonyl (C=O) groups is 1. The lowest BCUT2D eigenvalue weighted by molar-refractivity contribution is 0.102. The van der Waals surface area contributed by atoms with Crippen LogP contribution in [0.4, 0.5) is 11.5 Å². The van der Waals surface area contributed by atoms with E-state index in [9.17, 15) is 15.2 Å². The zero-order valence-corrected chi connectivity index (χ0v) is 15.3. The average molecular weight is 375 g/mol. The van der Waals surface area contributed by atoms with Gasteiger partial charge in [-0.05, 0) is 49.2 Å². The van der Waals surface area contributed by atoms with Gasteiger partial charge in [0.15, 0.2) is 0 Å². The number of nitrogens with one attached hydrogen (secondary N) is 2. The number of nitrogens with zero attached hydrogens (tertiary/aromatic N) is 3. The molecule has 1 aliphatic rings. The Labute approximate surface area is 162 Å². The van der Waals surface area contributed by atoms with Crippen LogP contribution < -0.4 is 10.6 Å². The van der Waals surface area contributed by atoms with Crippen LogP contribution in [0.25, 0.3) is 5.52 Å². The van der Waals surface area contributed by atoms with Crippen molar-refractivity contribution in [3.05, 3.63) is 59.8 Å². The van der Waals surface area contributed by atoms with E-state index in [1.807, 2.05) is 18.2 Å². The van der Waals surface area contributed by atoms with Crippen LogP contribution in [-0.4, -0.2) is 32.8 Å². The maximum absolute atomic E-state index is 12.8. The number of nitriles is 1. The summed E-state index contributed by atoms with van der Waals surface area (Å²) in [6.07, 6.45) is 3.41. The van der Waals surface area contributed by atoms with Crippen molar-refractivity contribution in [3.63, 3.8) is 0 Å². The van der Waals surface area contributed by atoms with Gasteiger partial charge in [0.25, 0.3) is 5.91 Å². The minimum atomic E-state index is -0.388. The minimum absolute atomic E-state index is 0.0333. The molecule has 0 bridgehead atoms. The smallest absolute Gasteiger partial charge is 0.274 e. The second-order valence-electron chi connectivity index (χ2n) is 6.99. The molecule has 2 atom stereocenters. The molecule has 4 rings (SSSR count). The van der Waals surface area contributed by atoms with Gasteiger partial charge in [-0.15, -0.1) is 5.10 Å². The van der Waals surface area contributed by atoms with Crippen LogP contribution in [0.15, 0.2) is 48.5 Å². The van der Waals surface area contributed by atoms with Crippen LogP contribution in [0.3, 0.4) is 0 Å². The molecule has 7 heteroatoms. The number of hydrogen-bond donors (Lipinski definition) is 3. The monoisotopic (exact) mass is 375 g/mol. The molecule has 3 N–H and O–H groups in total. The van der Waals surface area contributed by atoms with Gasteiger partial charge in [0.05, 0.1) is 28.9 Å². The van der Waals surface area contributed by atoms with Crippen LogP contribution in [0.5, 0.6) is 0 Å². The summed E-state index contributed by atoms with van der Waals surface area (Å²) in [5.74, 6) is 0.270. The summed E-state index contributed by atoms with van der Waals surface area (Å²) in [6.45, 7) is 0. The molecule has 2 aromatic heterocycles. The first-order chi connectivity index (χ1) is 13.7. The summed E-state index contributed by atoms with van der Waals surface area (Å²) in [7, 11) is 0. The van der Waals surface area contributed by atoms with E-state index in [-0.39, 0.29) is 18.1 Å². The third kappa shape index (κ3) is 3.55. The fraction of sp³-hybridized carbons (Fsp3) is 0.286. The van der Waals surface area contributed by atoms with Crippen molar-refractivity contribution in [3.8, 4) is 6.07 Å². The van der Waals surface area contributed by atoms with Gasteiger partial charge in [0, 0.05) is 0 Å². The lowest BCUT2D eigenvalue weighted by atomic mass is 9.93. The SMILES string of the molecule is N#Cc1ccccc1NC(=O)c1ccc2ccc(N[C@@H]3CCCC[C@@H]3O)nn12. The number of fused-ring (bicyclic) bond motifs is 1. The van der Waals surface area contributed by atoms with E-state index < -0.39 is 0 Å². The molecule has 1 fully saturated rings. The summed E-state index contributed by atoms with van der Waals surface area (Å²) < 4.78 is 1.57. The average Bonchev–Trinajstić information content (AvgIpc) is 3.13. The van der Waals surface area contributed by atoms with Gasteiger partial charge < -0.3 is 15.7 Å². The topological polar surface area (TPSA) is 102 Å². The van der Waals surface area contributed by atoms with E-state index in [1.165, 1.54) is 0 Å². The zero-order chi connectivity index (χ0) is 19.5. The molecule has 1 aromatic carbocycles. The first kappa shape index (κ1) is 18.0. The van der Waals surface area contributed by atoms with E-state index in [0.29, 0.717) is 22.8 Å². The van der Waals surface area contributed by atoms with Gasteiger partial charge in [0.1, 0.15) is 17.6 Å². The summed E-state index contributed by atoms with van der Waals surface area (Å²) in [6, 6.07) is 16.1. The Bertz CT molecular complexity index is 1050. The molecule has 142 valence electrons. The van der Waals surface area contributed by atoms with Crippen molar-refractivity contribution < 1.29 is 9.90 Å². The van der Waals surface area contributed by atoms with Gasteiger partial charge in [-0.1, -0.05) is 25.0 Å². The van der Waals surface area contributed by atoms with Crippen LogP contribution in [0.2, 0.25) is 0 Å². The van der Waals surface area contributed by atoms with Crippen molar-refractivity contribution in [2.24, 2.45) is 0 Å². The molecule has 28 heavy (non-hydrogen) atoms. The van der Waals surface area contributed by atoms with Crippen molar-refractivity contribution in [2.45, 2.75) is 37.8 Å². The molecule has 1 amide bonds. The Morgan fingerprint density at radius 1 is 1.14 bits per heavy atom. The van der Waals surface area contributed by atoms with Crippen molar-refractivity contribution in [1.29, 1.82) is 5.26 Å². The third-order valence-corrected chi connectivity index (χ3v) is 5.10. The lowest BCUT2D eigenvalue weighted by Gasteiger charge is -2.28. The summed E-state index contributed by atoms with van der Waals surface area (Å²) in [4.78, 5) is 12.8. The number of para-hydroxylation sites is 1. The standard InChI is InChI=1S/C21H21N5O2/c22-13-14-5-1-2-6-16(14)24-21(28)18-11-9-15-10-12-20(25-26(15)18)23-17-7-3-4-8-19(17)27/h1-2,5-6,9-12,17,19,27H,3-4,7-8H2,(H,23,25)(H,24,28)/t17-,19+/m1/s1. The minimum Gasteiger partial charge on any atom is -0.391 e. The molecule has 0 saturated heterocycles. The van der Waals surface area contributed by atoms with E-state index >= 15 is 0 Å². The predicted octanol–water partition coefficient (Wildman–Crippen LogP) is 3.17. The van der Waals surface area contributed by atoms with E-state index in [0.717, 1.165) is 31.2 Å². The molecular formula is C21H21N5O2. The van der Waals surface area contributed by atoms with Crippen LogP contribution in [0, 0.1) is 11.3 Å². The first-order valence-electron chi connectivity index (χ1n) is 9.39. The number of rotatable bonds is 4. The number of amides is 1. The van der Waals surface area contributed by atoms with Gasteiger partial charge in [0.2, 0.25) is 0 Å². The van der Waals surface area contributed by atoms with Crippen LogP contribution >= 0.6 is 0 Å². The molecule has 0 radical (unpaired) electrons.